The molecule has 0 aliphatic carbocycles. The van der Waals surface area contributed by atoms with Gasteiger partial charge in [-0.15, -0.1) is 0 Å². The van der Waals surface area contributed by atoms with Crippen molar-refractivity contribution in [3.8, 4) is 0 Å². The molecule has 28 heavy (non-hydrogen) atoms. The maximum absolute atomic E-state index is 12.9. The molecule has 1 N–H and O–H groups in total. The van der Waals surface area contributed by atoms with Crippen LogP contribution in [0.15, 0.2) is 46.9 Å². The highest BCUT2D eigenvalue weighted by atomic mass is 16.5. The molecule has 1 aliphatic rings. The van der Waals surface area contributed by atoms with Crippen LogP contribution in [0.25, 0.3) is 11.0 Å². The fourth-order valence-corrected chi connectivity index (χ4v) is 3.70. The summed E-state index contributed by atoms with van der Waals surface area (Å²) in [6.07, 6.45) is 1.47. The van der Waals surface area contributed by atoms with Crippen molar-refractivity contribution in [3.63, 3.8) is 0 Å². The van der Waals surface area contributed by atoms with Crippen molar-refractivity contribution in [2.24, 2.45) is 0 Å². The van der Waals surface area contributed by atoms with Gasteiger partial charge < -0.3 is 19.4 Å². The van der Waals surface area contributed by atoms with E-state index in [-0.39, 0.29) is 24.2 Å². The first-order valence-corrected chi connectivity index (χ1v) is 9.30. The Balaban J connectivity index is 1.60. The van der Waals surface area contributed by atoms with Gasteiger partial charge in [-0.2, -0.15) is 0 Å². The molecule has 144 valence electrons. The minimum Gasteiger partial charge on any atom is -0.451 e. The number of aryl methyl sites for hydroxylation is 1. The molecule has 2 aromatic carbocycles. The van der Waals surface area contributed by atoms with E-state index in [4.69, 9.17) is 9.15 Å². The van der Waals surface area contributed by atoms with Gasteiger partial charge in [-0.05, 0) is 43.2 Å². The van der Waals surface area contributed by atoms with Crippen LogP contribution >= 0.6 is 0 Å². The second kappa shape index (κ2) is 7.48. The number of ether oxygens (including phenoxy) is 1. The fraction of sp³-hybridized carbons (Fsp3) is 0.273. The first-order valence-electron chi connectivity index (χ1n) is 9.30. The zero-order chi connectivity index (χ0) is 19.7. The quantitative estimate of drug-likeness (QED) is 0.720. The van der Waals surface area contributed by atoms with Crippen LogP contribution in [0.3, 0.4) is 0 Å². The Labute approximate surface area is 163 Å². The number of methoxy groups -OCH3 is 1. The third-order valence-electron chi connectivity index (χ3n) is 5.01. The van der Waals surface area contributed by atoms with Gasteiger partial charge in [-0.25, -0.2) is 0 Å². The highest BCUT2D eigenvalue weighted by Crippen LogP contribution is 2.29. The van der Waals surface area contributed by atoms with Gasteiger partial charge in [0, 0.05) is 42.4 Å². The molecule has 0 radical (unpaired) electrons. The maximum Gasteiger partial charge on any atom is 0.291 e. The van der Waals surface area contributed by atoms with Gasteiger partial charge in [-0.1, -0.05) is 18.2 Å². The summed E-state index contributed by atoms with van der Waals surface area (Å²) < 4.78 is 11.0. The Morgan fingerprint density at radius 3 is 2.79 bits per heavy atom. The van der Waals surface area contributed by atoms with Gasteiger partial charge in [0.2, 0.25) is 5.91 Å². The summed E-state index contributed by atoms with van der Waals surface area (Å²) in [5, 5.41) is 3.77. The standard InChI is InChI=1S/C22H22N2O4/c1-14-12-15(9-10-18(14)24-11-5-8-20(24)25)23-22(26)21-17(13-27-2)16-6-3-4-7-19(16)28-21/h3-4,6-7,9-10,12H,5,8,11,13H2,1-2H3,(H,23,26). The first kappa shape index (κ1) is 18.3. The molecule has 2 amide bonds. The number of fused-ring (bicyclic) bond motifs is 1. The summed E-state index contributed by atoms with van der Waals surface area (Å²) in [5.41, 5.74) is 3.87. The number of carbonyl (C=O) groups excluding carboxylic acids is 2. The SMILES string of the molecule is COCc1c(C(=O)Nc2ccc(N3CCCC3=O)c(C)c2)oc2ccccc12. The number of benzene rings is 2. The summed E-state index contributed by atoms with van der Waals surface area (Å²) in [6.45, 7) is 2.97. The van der Waals surface area contributed by atoms with Crippen LogP contribution in [0.4, 0.5) is 11.4 Å². The van der Waals surface area contributed by atoms with Crippen molar-refractivity contribution in [1.29, 1.82) is 0 Å². The molecule has 0 saturated carbocycles. The minimum absolute atomic E-state index is 0.145. The van der Waals surface area contributed by atoms with Crippen molar-refractivity contribution < 1.29 is 18.7 Å². The van der Waals surface area contributed by atoms with Crippen LogP contribution < -0.4 is 10.2 Å². The van der Waals surface area contributed by atoms with Crippen molar-refractivity contribution in [2.45, 2.75) is 26.4 Å². The molecular weight excluding hydrogens is 356 g/mol. The van der Waals surface area contributed by atoms with Crippen molar-refractivity contribution >= 4 is 34.2 Å². The van der Waals surface area contributed by atoms with Crippen LogP contribution in [-0.4, -0.2) is 25.5 Å². The highest BCUT2D eigenvalue weighted by molar-refractivity contribution is 6.06. The average molecular weight is 378 g/mol. The lowest BCUT2D eigenvalue weighted by Crippen LogP contribution is -2.24. The van der Waals surface area contributed by atoms with Crippen LogP contribution in [0.5, 0.6) is 0 Å². The molecule has 6 nitrogen and oxygen atoms in total. The fourth-order valence-electron chi connectivity index (χ4n) is 3.70. The van der Waals surface area contributed by atoms with Crippen LogP contribution in [0, 0.1) is 6.92 Å². The molecule has 1 fully saturated rings. The molecular formula is C22H22N2O4. The molecule has 2 heterocycles. The predicted molar refractivity (Wildman–Crippen MR) is 108 cm³/mol. The van der Waals surface area contributed by atoms with Crippen LogP contribution in [0.1, 0.15) is 34.5 Å². The third-order valence-corrected chi connectivity index (χ3v) is 5.01. The number of nitrogens with zero attached hydrogens (tertiary/aromatic N) is 1. The van der Waals surface area contributed by atoms with Gasteiger partial charge in [0.25, 0.3) is 5.91 Å². The lowest BCUT2D eigenvalue weighted by atomic mass is 10.1. The minimum atomic E-state index is -0.326. The molecule has 1 aliphatic heterocycles. The summed E-state index contributed by atoms with van der Waals surface area (Å²) in [7, 11) is 1.59. The first-order chi connectivity index (χ1) is 13.6. The normalized spacial score (nSPS) is 14.1. The van der Waals surface area contributed by atoms with Crippen molar-refractivity contribution in [2.75, 3.05) is 23.9 Å². The van der Waals surface area contributed by atoms with E-state index in [0.29, 0.717) is 17.7 Å². The number of furan rings is 1. The van der Waals surface area contributed by atoms with E-state index in [2.05, 4.69) is 5.32 Å². The Morgan fingerprint density at radius 1 is 1.25 bits per heavy atom. The molecule has 4 rings (SSSR count). The molecule has 0 spiro atoms. The van der Waals surface area contributed by atoms with Crippen molar-refractivity contribution in [3.05, 3.63) is 59.4 Å². The molecule has 6 heteroatoms. The zero-order valence-corrected chi connectivity index (χ0v) is 16.0. The number of rotatable bonds is 5. The average Bonchev–Trinajstić information content (AvgIpc) is 3.26. The predicted octanol–water partition coefficient (Wildman–Crippen LogP) is 4.27. The van der Waals surface area contributed by atoms with Crippen LogP contribution in [-0.2, 0) is 16.1 Å². The molecule has 3 aromatic rings. The molecule has 0 bridgehead atoms. The second-order valence-corrected chi connectivity index (χ2v) is 6.94. The van der Waals surface area contributed by atoms with E-state index in [1.807, 2.05) is 49.4 Å². The zero-order valence-electron chi connectivity index (χ0n) is 16.0. The Bertz CT molecular complexity index is 1050. The topological polar surface area (TPSA) is 71.8 Å². The number of para-hydroxylation sites is 1. The van der Waals surface area contributed by atoms with E-state index in [9.17, 15) is 9.59 Å². The summed E-state index contributed by atoms with van der Waals surface area (Å²) in [4.78, 5) is 26.7. The molecule has 0 atom stereocenters. The van der Waals surface area contributed by atoms with E-state index in [1.54, 1.807) is 12.0 Å². The summed E-state index contributed by atoms with van der Waals surface area (Å²) in [5.74, 6) is 0.0681. The monoisotopic (exact) mass is 378 g/mol. The smallest absolute Gasteiger partial charge is 0.291 e. The van der Waals surface area contributed by atoms with Gasteiger partial charge >= 0.3 is 0 Å². The number of hydrogen-bond donors (Lipinski definition) is 1. The molecule has 0 unspecified atom stereocenters. The Kier molecular flexibility index (Phi) is 4.88. The highest BCUT2D eigenvalue weighted by Gasteiger charge is 2.24. The van der Waals surface area contributed by atoms with E-state index < -0.39 is 0 Å². The largest absolute Gasteiger partial charge is 0.451 e. The maximum atomic E-state index is 12.9. The Morgan fingerprint density at radius 2 is 2.07 bits per heavy atom. The number of hydrogen-bond acceptors (Lipinski definition) is 4. The number of carbonyl (C=O) groups is 2. The number of anilines is 2. The van der Waals surface area contributed by atoms with E-state index in [0.717, 1.165) is 35.2 Å². The van der Waals surface area contributed by atoms with Crippen molar-refractivity contribution in [1.82, 2.24) is 0 Å². The van der Waals surface area contributed by atoms with Gasteiger partial charge in [0.1, 0.15) is 5.58 Å². The number of nitrogens with one attached hydrogen (secondary N) is 1. The lowest BCUT2D eigenvalue weighted by molar-refractivity contribution is -0.117. The second-order valence-electron chi connectivity index (χ2n) is 6.94. The van der Waals surface area contributed by atoms with E-state index in [1.165, 1.54) is 0 Å². The molecule has 1 saturated heterocycles. The Hall–Kier alpha value is -3.12. The van der Waals surface area contributed by atoms with Gasteiger partial charge in [0.05, 0.1) is 6.61 Å². The summed E-state index contributed by atoms with van der Waals surface area (Å²) >= 11 is 0. The summed E-state index contributed by atoms with van der Waals surface area (Å²) in [6, 6.07) is 13.1. The number of amides is 2. The van der Waals surface area contributed by atoms with E-state index >= 15 is 0 Å². The van der Waals surface area contributed by atoms with Crippen LogP contribution in [0.2, 0.25) is 0 Å². The third kappa shape index (κ3) is 3.27. The lowest BCUT2D eigenvalue weighted by Gasteiger charge is -2.19. The molecule has 1 aromatic heterocycles. The van der Waals surface area contributed by atoms with Gasteiger partial charge in [-0.3, -0.25) is 9.59 Å². The van der Waals surface area contributed by atoms with Gasteiger partial charge in [0.15, 0.2) is 5.76 Å².